The van der Waals surface area contributed by atoms with Crippen molar-refractivity contribution in [2.24, 2.45) is 0 Å². The van der Waals surface area contributed by atoms with Crippen LogP contribution in [0.2, 0.25) is 0 Å². The molecule has 0 atom stereocenters. The largest absolute Gasteiger partial charge is 0.384 e. The highest BCUT2D eigenvalue weighted by Gasteiger charge is 2.18. The number of nitriles is 2. The molecule has 2 aromatic rings. The summed E-state index contributed by atoms with van der Waals surface area (Å²) in [5.74, 6) is -0.00980. The summed E-state index contributed by atoms with van der Waals surface area (Å²) in [6.07, 6.45) is 4.97. The van der Waals surface area contributed by atoms with Gasteiger partial charge in [0.1, 0.15) is 29.1 Å². The number of rotatable bonds is 3. The van der Waals surface area contributed by atoms with Crippen molar-refractivity contribution in [1.82, 2.24) is 9.88 Å². The number of pyridine rings is 1. The quantitative estimate of drug-likeness (QED) is 0.887. The molecule has 0 radical (unpaired) electrons. The predicted molar refractivity (Wildman–Crippen MR) is 100 cm³/mol. The maximum Gasteiger partial charge on any atom is 0.268 e. The summed E-state index contributed by atoms with van der Waals surface area (Å²) in [5, 5.41) is 18.9. The van der Waals surface area contributed by atoms with E-state index in [-0.39, 0.29) is 16.9 Å². The van der Waals surface area contributed by atoms with E-state index in [4.69, 9.17) is 5.73 Å². The maximum atomic E-state index is 12.1. The van der Waals surface area contributed by atoms with Crippen molar-refractivity contribution in [3.8, 4) is 23.3 Å². The van der Waals surface area contributed by atoms with Gasteiger partial charge in [-0.3, -0.25) is 9.69 Å². The van der Waals surface area contributed by atoms with E-state index in [0.29, 0.717) is 11.1 Å². The summed E-state index contributed by atoms with van der Waals surface area (Å²) in [5.41, 5.74) is 7.36. The highest BCUT2D eigenvalue weighted by Crippen LogP contribution is 2.29. The van der Waals surface area contributed by atoms with Gasteiger partial charge in [0.05, 0.1) is 0 Å². The molecule has 1 aromatic carbocycles. The molecule has 0 aliphatic carbocycles. The molecule has 1 fully saturated rings. The molecule has 0 amide bonds. The van der Waals surface area contributed by atoms with Gasteiger partial charge >= 0.3 is 0 Å². The van der Waals surface area contributed by atoms with Gasteiger partial charge in [-0.25, -0.2) is 0 Å². The number of benzene rings is 1. The van der Waals surface area contributed by atoms with Gasteiger partial charge in [-0.1, -0.05) is 31.0 Å². The van der Waals surface area contributed by atoms with Crippen molar-refractivity contribution >= 4 is 5.82 Å². The van der Waals surface area contributed by atoms with Crippen LogP contribution in [-0.2, 0) is 6.54 Å². The Labute approximate surface area is 152 Å². The topological polar surface area (TPSA) is 110 Å². The summed E-state index contributed by atoms with van der Waals surface area (Å²) in [4.78, 5) is 16.9. The highest BCUT2D eigenvalue weighted by atomic mass is 16.1. The molecule has 1 aromatic heterocycles. The number of H-pyrrole nitrogens is 1. The minimum Gasteiger partial charge on any atom is -0.384 e. The van der Waals surface area contributed by atoms with Crippen molar-refractivity contribution in [1.29, 1.82) is 10.5 Å². The molecule has 132 valence electrons. The number of anilines is 1. The summed E-state index contributed by atoms with van der Waals surface area (Å²) in [6, 6.07) is 11.6. The fraction of sp³-hybridized carbons (Fsp3) is 0.350. The molecule has 3 N–H and O–H groups in total. The van der Waals surface area contributed by atoms with Crippen LogP contribution in [0.3, 0.4) is 0 Å². The summed E-state index contributed by atoms with van der Waals surface area (Å²) >= 11 is 0. The number of hydrogen-bond acceptors (Lipinski definition) is 5. The second-order valence-corrected chi connectivity index (χ2v) is 6.61. The first-order valence-electron chi connectivity index (χ1n) is 8.81. The van der Waals surface area contributed by atoms with E-state index >= 15 is 0 Å². The molecule has 1 saturated heterocycles. The van der Waals surface area contributed by atoms with Gasteiger partial charge in [0.2, 0.25) is 0 Å². The van der Waals surface area contributed by atoms with Crippen molar-refractivity contribution in [2.75, 3.05) is 18.8 Å². The van der Waals surface area contributed by atoms with E-state index in [0.717, 1.165) is 25.2 Å². The van der Waals surface area contributed by atoms with Crippen LogP contribution < -0.4 is 11.3 Å². The lowest BCUT2D eigenvalue weighted by molar-refractivity contribution is 0.277. The van der Waals surface area contributed by atoms with E-state index in [1.165, 1.54) is 25.7 Å². The third-order valence-electron chi connectivity index (χ3n) is 4.79. The van der Waals surface area contributed by atoms with Gasteiger partial charge in [0.15, 0.2) is 0 Å². The zero-order valence-corrected chi connectivity index (χ0v) is 14.6. The molecule has 6 heteroatoms. The third-order valence-corrected chi connectivity index (χ3v) is 4.79. The SMILES string of the molecule is N#Cc1c(N)[nH]c(=O)c(C#N)c1-c1cccc(CN2CCCCCC2)c1. The summed E-state index contributed by atoms with van der Waals surface area (Å²) < 4.78 is 0. The Morgan fingerprint density at radius 2 is 1.77 bits per heavy atom. The molecule has 1 aliphatic heterocycles. The van der Waals surface area contributed by atoms with E-state index < -0.39 is 5.56 Å². The lowest BCUT2D eigenvalue weighted by Crippen LogP contribution is -2.24. The minimum atomic E-state index is -0.572. The van der Waals surface area contributed by atoms with Crippen LogP contribution >= 0.6 is 0 Å². The Morgan fingerprint density at radius 3 is 2.42 bits per heavy atom. The lowest BCUT2D eigenvalue weighted by atomic mass is 9.95. The normalized spacial score (nSPS) is 15.0. The molecule has 6 nitrogen and oxygen atoms in total. The van der Waals surface area contributed by atoms with Crippen LogP contribution in [0.25, 0.3) is 11.1 Å². The van der Waals surface area contributed by atoms with Crippen LogP contribution in [0.5, 0.6) is 0 Å². The zero-order chi connectivity index (χ0) is 18.5. The first kappa shape index (κ1) is 17.7. The lowest BCUT2D eigenvalue weighted by Gasteiger charge is -2.20. The number of nitrogens with zero attached hydrogens (tertiary/aromatic N) is 3. The maximum absolute atomic E-state index is 12.1. The van der Waals surface area contributed by atoms with Crippen LogP contribution in [0.1, 0.15) is 42.4 Å². The smallest absolute Gasteiger partial charge is 0.268 e. The number of hydrogen-bond donors (Lipinski definition) is 2. The molecule has 2 heterocycles. The standard InChI is InChI=1S/C20H21N5O/c21-11-16-18(17(12-22)20(26)24-19(16)23)15-7-5-6-14(10-15)13-25-8-3-1-2-4-9-25/h5-7,10H,1-4,8-9,13H2,(H3,23,24,26). The average molecular weight is 347 g/mol. The third kappa shape index (κ3) is 3.61. The molecule has 0 saturated carbocycles. The molecule has 3 rings (SSSR count). The zero-order valence-electron chi connectivity index (χ0n) is 14.6. The van der Waals surface area contributed by atoms with Gasteiger partial charge in [-0.2, -0.15) is 10.5 Å². The number of nitrogens with two attached hydrogens (primary N) is 1. The van der Waals surface area contributed by atoms with Gasteiger partial charge in [0, 0.05) is 12.1 Å². The van der Waals surface area contributed by atoms with Crippen LogP contribution in [-0.4, -0.2) is 23.0 Å². The molecular formula is C20H21N5O. The van der Waals surface area contributed by atoms with E-state index in [1.807, 2.05) is 36.4 Å². The highest BCUT2D eigenvalue weighted by molar-refractivity contribution is 5.80. The number of aromatic amines is 1. The Balaban J connectivity index is 2.02. The van der Waals surface area contributed by atoms with Crippen molar-refractivity contribution in [3.63, 3.8) is 0 Å². The number of likely N-dealkylation sites (tertiary alicyclic amines) is 1. The Kier molecular flexibility index (Phi) is 5.36. The minimum absolute atomic E-state index is 0.00980. The molecule has 1 aliphatic rings. The Bertz CT molecular complexity index is 940. The van der Waals surface area contributed by atoms with E-state index in [1.54, 1.807) is 0 Å². The van der Waals surface area contributed by atoms with Crippen molar-refractivity contribution < 1.29 is 0 Å². The molecular weight excluding hydrogens is 326 g/mol. The van der Waals surface area contributed by atoms with E-state index in [2.05, 4.69) is 9.88 Å². The summed E-state index contributed by atoms with van der Waals surface area (Å²) in [7, 11) is 0. The monoisotopic (exact) mass is 347 g/mol. The van der Waals surface area contributed by atoms with Gasteiger partial charge < -0.3 is 10.7 Å². The van der Waals surface area contributed by atoms with Gasteiger partial charge in [0.25, 0.3) is 5.56 Å². The number of aromatic nitrogens is 1. The first-order chi connectivity index (χ1) is 12.6. The molecule has 0 bridgehead atoms. The number of nitrogen functional groups attached to an aromatic ring is 1. The summed E-state index contributed by atoms with van der Waals surface area (Å²) in [6.45, 7) is 2.97. The van der Waals surface area contributed by atoms with Crippen LogP contribution in [0.4, 0.5) is 5.82 Å². The number of nitrogens with one attached hydrogen (secondary N) is 1. The molecule has 0 spiro atoms. The molecule has 26 heavy (non-hydrogen) atoms. The first-order valence-corrected chi connectivity index (χ1v) is 8.81. The Hall–Kier alpha value is -3.09. The fourth-order valence-corrected chi connectivity index (χ4v) is 3.51. The van der Waals surface area contributed by atoms with Crippen molar-refractivity contribution in [3.05, 3.63) is 51.3 Å². The fourth-order valence-electron chi connectivity index (χ4n) is 3.51. The second-order valence-electron chi connectivity index (χ2n) is 6.61. The second kappa shape index (κ2) is 7.86. The van der Waals surface area contributed by atoms with Crippen LogP contribution in [0, 0.1) is 22.7 Å². The van der Waals surface area contributed by atoms with Crippen LogP contribution in [0.15, 0.2) is 29.1 Å². The van der Waals surface area contributed by atoms with Crippen molar-refractivity contribution in [2.45, 2.75) is 32.2 Å². The molecule has 0 unspecified atom stereocenters. The average Bonchev–Trinajstić information content (AvgIpc) is 2.90. The van der Waals surface area contributed by atoms with Gasteiger partial charge in [-0.15, -0.1) is 0 Å². The predicted octanol–water partition coefficient (Wildman–Crippen LogP) is 2.74. The van der Waals surface area contributed by atoms with Gasteiger partial charge in [-0.05, 0) is 43.1 Å². The Morgan fingerprint density at radius 1 is 1.08 bits per heavy atom. The van der Waals surface area contributed by atoms with E-state index in [9.17, 15) is 15.3 Å².